The first kappa shape index (κ1) is 13.8. The summed E-state index contributed by atoms with van der Waals surface area (Å²) in [4.78, 5) is 13.9. The Hall–Kier alpha value is -0.610. The highest BCUT2D eigenvalue weighted by Crippen LogP contribution is 2.33. The summed E-state index contributed by atoms with van der Waals surface area (Å²) in [7, 11) is 1.92. The molecule has 2 N–H and O–H groups in total. The van der Waals surface area contributed by atoms with Crippen molar-refractivity contribution in [2.75, 3.05) is 20.2 Å². The molecule has 2 rings (SSSR count). The van der Waals surface area contributed by atoms with Crippen LogP contribution in [0.3, 0.4) is 0 Å². The Morgan fingerprint density at radius 2 is 1.94 bits per heavy atom. The molecule has 4 heteroatoms. The van der Waals surface area contributed by atoms with E-state index in [-0.39, 0.29) is 5.91 Å². The Morgan fingerprint density at radius 1 is 1.28 bits per heavy atom. The fourth-order valence-corrected chi connectivity index (χ4v) is 3.04. The lowest BCUT2D eigenvalue weighted by Crippen LogP contribution is -2.44. The summed E-state index contributed by atoms with van der Waals surface area (Å²) in [5, 5.41) is 0. The van der Waals surface area contributed by atoms with Gasteiger partial charge in [0.05, 0.1) is 6.10 Å². The number of hydrogen-bond acceptors (Lipinski definition) is 3. The van der Waals surface area contributed by atoms with Crippen LogP contribution in [-0.4, -0.2) is 43.2 Å². The van der Waals surface area contributed by atoms with Crippen molar-refractivity contribution in [3.05, 3.63) is 0 Å². The minimum Gasteiger partial charge on any atom is -0.378 e. The highest BCUT2D eigenvalue weighted by Gasteiger charge is 2.33. The SMILES string of the molecule is CCOC1CC(CC(=O)N(C)CC2CC(N)C2)C1. The second-order valence-electron chi connectivity index (χ2n) is 5.99. The van der Waals surface area contributed by atoms with E-state index in [1.54, 1.807) is 0 Å². The second-order valence-corrected chi connectivity index (χ2v) is 5.99. The van der Waals surface area contributed by atoms with E-state index in [9.17, 15) is 4.79 Å². The molecule has 0 aromatic carbocycles. The van der Waals surface area contributed by atoms with Crippen molar-refractivity contribution < 1.29 is 9.53 Å². The van der Waals surface area contributed by atoms with Gasteiger partial charge in [-0.15, -0.1) is 0 Å². The number of nitrogens with zero attached hydrogens (tertiary/aromatic N) is 1. The van der Waals surface area contributed by atoms with Crippen LogP contribution in [0.2, 0.25) is 0 Å². The summed E-state index contributed by atoms with van der Waals surface area (Å²) in [6.07, 6.45) is 5.37. The molecule has 0 unspecified atom stereocenters. The second kappa shape index (κ2) is 6.02. The minimum absolute atomic E-state index is 0.287. The van der Waals surface area contributed by atoms with Gasteiger partial charge in [-0.2, -0.15) is 0 Å². The molecule has 2 fully saturated rings. The van der Waals surface area contributed by atoms with Gasteiger partial charge in [-0.1, -0.05) is 0 Å². The van der Waals surface area contributed by atoms with Gasteiger partial charge >= 0.3 is 0 Å². The molecule has 0 bridgehead atoms. The molecule has 2 aliphatic rings. The third kappa shape index (κ3) is 3.45. The van der Waals surface area contributed by atoms with Gasteiger partial charge < -0.3 is 15.4 Å². The molecule has 4 nitrogen and oxygen atoms in total. The summed E-state index contributed by atoms with van der Waals surface area (Å²) in [5.74, 6) is 1.46. The van der Waals surface area contributed by atoms with E-state index in [1.807, 2.05) is 18.9 Å². The van der Waals surface area contributed by atoms with E-state index >= 15 is 0 Å². The first-order valence-electron chi connectivity index (χ1n) is 7.19. The topological polar surface area (TPSA) is 55.6 Å². The van der Waals surface area contributed by atoms with Gasteiger partial charge in [0.15, 0.2) is 0 Å². The molecule has 1 amide bonds. The number of amides is 1. The van der Waals surface area contributed by atoms with Crippen LogP contribution in [0.4, 0.5) is 0 Å². The van der Waals surface area contributed by atoms with Crippen molar-refractivity contribution in [2.24, 2.45) is 17.6 Å². The fourth-order valence-electron chi connectivity index (χ4n) is 3.04. The van der Waals surface area contributed by atoms with Crippen molar-refractivity contribution in [1.82, 2.24) is 4.90 Å². The summed E-state index contributed by atoms with van der Waals surface area (Å²) in [6.45, 7) is 3.69. The van der Waals surface area contributed by atoms with E-state index in [0.29, 0.717) is 30.4 Å². The maximum absolute atomic E-state index is 12.0. The fraction of sp³-hybridized carbons (Fsp3) is 0.929. The lowest BCUT2D eigenvalue weighted by molar-refractivity contribution is -0.134. The molecule has 2 aliphatic carbocycles. The van der Waals surface area contributed by atoms with Crippen LogP contribution in [-0.2, 0) is 9.53 Å². The molecule has 0 aliphatic heterocycles. The van der Waals surface area contributed by atoms with Gasteiger partial charge in [0.25, 0.3) is 0 Å². The number of ether oxygens (including phenoxy) is 1. The standard InChI is InChI=1S/C14H26N2O2/c1-3-18-13-6-10(7-13)8-14(17)16(2)9-11-4-12(15)5-11/h10-13H,3-9,15H2,1-2H3. The van der Waals surface area contributed by atoms with Gasteiger partial charge in [-0.05, 0) is 44.4 Å². The molecule has 18 heavy (non-hydrogen) atoms. The Bertz CT molecular complexity index is 284. The smallest absolute Gasteiger partial charge is 0.222 e. The molecule has 0 spiro atoms. The molecule has 0 aromatic rings. The Kier molecular flexibility index (Phi) is 4.62. The molecular weight excluding hydrogens is 228 g/mol. The molecule has 0 radical (unpaired) electrons. The molecule has 0 atom stereocenters. The first-order valence-corrected chi connectivity index (χ1v) is 7.19. The van der Waals surface area contributed by atoms with Crippen molar-refractivity contribution in [3.63, 3.8) is 0 Å². The van der Waals surface area contributed by atoms with Crippen LogP contribution in [0.5, 0.6) is 0 Å². The van der Waals surface area contributed by atoms with Crippen LogP contribution in [0.1, 0.15) is 39.0 Å². The first-order chi connectivity index (χ1) is 8.58. The number of carbonyl (C=O) groups is 1. The van der Waals surface area contributed by atoms with E-state index < -0.39 is 0 Å². The normalized spacial score (nSPS) is 34.6. The zero-order valence-corrected chi connectivity index (χ0v) is 11.6. The summed E-state index contributed by atoms with van der Waals surface area (Å²) in [6, 6.07) is 0.372. The molecule has 2 saturated carbocycles. The van der Waals surface area contributed by atoms with E-state index in [2.05, 4.69) is 0 Å². The number of rotatable bonds is 6. The summed E-state index contributed by atoms with van der Waals surface area (Å²) in [5.41, 5.74) is 5.76. The van der Waals surface area contributed by atoms with E-state index in [1.165, 1.54) is 0 Å². The van der Waals surface area contributed by atoms with Crippen molar-refractivity contribution >= 4 is 5.91 Å². The molecule has 104 valence electrons. The highest BCUT2D eigenvalue weighted by atomic mass is 16.5. The minimum atomic E-state index is 0.287. The Balaban J connectivity index is 1.60. The van der Waals surface area contributed by atoms with Gasteiger partial charge in [0.2, 0.25) is 5.91 Å². The maximum Gasteiger partial charge on any atom is 0.222 e. The van der Waals surface area contributed by atoms with Crippen LogP contribution in [0.15, 0.2) is 0 Å². The molecule has 0 aromatic heterocycles. The quantitative estimate of drug-likeness (QED) is 0.779. The Morgan fingerprint density at radius 3 is 2.50 bits per heavy atom. The van der Waals surface area contributed by atoms with Gasteiger partial charge in [-0.25, -0.2) is 0 Å². The Labute approximate surface area is 110 Å². The zero-order valence-electron chi connectivity index (χ0n) is 11.6. The predicted octanol–water partition coefficient (Wildman–Crippen LogP) is 1.39. The largest absolute Gasteiger partial charge is 0.378 e. The molecule has 0 heterocycles. The van der Waals surface area contributed by atoms with E-state index in [4.69, 9.17) is 10.5 Å². The average Bonchev–Trinajstić information content (AvgIpc) is 2.23. The lowest BCUT2D eigenvalue weighted by atomic mass is 9.79. The zero-order chi connectivity index (χ0) is 13.1. The van der Waals surface area contributed by atoms with E-state index in [0.717, 1.165) is 38.8 Å². The number of hydrogen-bond donors (Lipinski definition) is 1. The number of carbonyl (C=O) groups excluding carboxylic acids is 1. The molecule has 0 saturated heterocycles. The van der Waals surface area contributed by atoms with Crippen LogP contribution >= 0.6 is 0 Å². The predicted molar refractivity (Wildman–Crippen MR) is 71.1 cm³/mol. The highest BCUT2D eigenvalue weighted by molar-refractivity contribution is 5.76. The number of nitrogens with two attached hydrogens (primary N) is 1. The third-order valence-electron chi connectivity index (χ3n) is 4.29. The lowest BCUT2D eigenvalue weighted by Gasteiger charge is -2.37. The van der Waals surface area contributed by atoms with Crippen LogP contribution in [0.25, 0.3) is 0 Å². The van der Waals surface area contributed by atoms with Crippen molar-refractivity contribution in [1.29, 1.82) is 0 Å². The van der Waals surface area contributed by atoms with Crippen molar-refractivity contribution in [3.8, 4) is 0 Å². The third-order valence-corrected chi connectivity index (χ3v) is 4.29. The van der Waals surface area contributed by atoms with Gasteiger partial charge in [0.1, 0.15) is 0 Å². The molecular formula is C14H26N2O2. The van der Waals surface area contributed by atoms with Gasteiger partial charge in [-0.3, -0.25) is 4.79 Å². The summed E-state index contributed by atoms with van der Waals surface area (Å²) >= 11 is 0. The monoisotopic (exact) mass is 254 g/mol. The van der Waals surface area contributed by atoms with Crippen LogP contribution < -0.4 is 5.73 Å². The average molecular weight is 254 g/mol. The maximum atomic E-state index is 12.0. The van der Waals surface area contributed by atoms with Crippen molar-refractivity contribution in [2.45, 2.75) is 51.2 Å². The van der Waals surface area contributed by atoms with Crippen LogP contribution in [0, 0.1) is 11.8 Å². The summed E-state index contributed by atoms with van der Waals surface area (Å²) < 4.78 is 5.51. The van der Waals surface area contributed by atoms with Gasteiger partial charge in [0, 0.05) is 32.7 Å².